The van der Waals surface area contributed by atoms with Crippen molar-refractivity contribution in [1.82, 2.24) is 10.2 Å². The molecule has 1 N–H and O–H groups in total. The molecule has 25 heavy (non-hydrogen) atoms. The monoisotopic (exact) mass is 359 g/mol. The summed E-state index contributed by atoms with van der Waals surface area (Å²) in [6, 6.07) is 11.9. The minimum atomic E-state index is -1.18. The number of non-ortho nitro benzene ring substituents is 1. The zero-order chi connectivity index (χ0) is 18.2. The van der Waals surface area contributed by atoms with Gasteiger partial charge in [0.2, 0.25) is 0 Å². The Balaban J connectivity index is 1.83. The van der Waals surface area contributed by atoms with Crippen molar-refractivity contribution in [1.29, 1.82) is 0 Å². The van der Waals surface area contributed by atoms with E-state index in [0.29, 0.717) is 16.1 Å². The number of hydrogen-bond donors (Lipinski definition) is 1. The minimum Gasteiger partial charge on any atom is -0.319 e. The molecule has 3 rings (SSSR count). The Labute approximate surface area is 148 Å². The fraction of sp³-hybridized carbons (Fsp3) is 0.176. The summed E-state index contributed by atoms with van der Waals surface area (Å²) in [7, 11) is 0. The van der Waals surface area contributed by atoms with E-state index < -0.39 is 22.4 Å². The van der Waals surface area contributed by atoms with E-state index in [2.05, 4.69) is 5.32 Å². The molecule has 1 aliphatic heterocycles. The lowest BCUT2D eigenvalue weighted by Crippen LogP contribution is -2.40. The van der Waals surface area contributed by atoms with Crippen molar-refractivity contribution in [3.63, 3.8) is 0 Å². The van der Waals surface area contributed by atoms with Crippen molar-refractivity contribution < 1.29 is 14.5 Å². The standard InChI is InChI=1S/C17H14ClN3O4/c1-17(12-4-6-13(18)7-5-12)15(22)20(16(23)19-17)10-11-2-8-14(9-3-11)21(24)25/h2-9H,10H2,1H3,(H,19,23). The van der Waals surface area contributed by atoms with E-state index in [1.54, 1.807) is 31.2 Å². The Hall–Kier alpha value is -2.93. The van der Waals surface area contributed by atoms with Crippen LogP contribution >= 0.6 is 11.6 Å². The molecular formula is C17H14ClN3O4. The van der Waals surface area contributed by atoms with Crippen LogP contribution < -0.4 is 5.32 Å². The molecule has 0 saturated carbocycles. The number of nitrogens with one attached hydrogen (secondary N) is 1. The van der Waals surface area contributed by atoms with Crippen LogP contribution in [0.15, 0.2) is 48.5 Å². The lowest BCUT2D eigenvalue weighted by Gasteiger charge is -2.22. The zero-order valence-electron chi connectivity index (χ0n) is 13.2. The predicted octanol–water partition coefficient (Wildman–Crippen LogP) is 3.22. The van der Waals surface area contributed by atoms with Crippen molar-refractivity contribution in [2.75, 3.05) is 0 Å². The molecule has 1 fully saturated rings. The smallest absolute Gasteiger partial charge is 0.319 e. The van der Waals surface area contributed by atoms with Gasteiger partial charge in [-0.25, -0.2) is 4.79 Å². The third-order valence-corrected chi connectivity index (χ3v) is 4.44. The maximum absolute atomic E-state index is 12.8. The summed E-state index contributed by atoms with van der Waals surface area (Å²) in [5.41, 5.74) is 0.0190. The van der Waals surface area contributed by atoms with E-state index in [1.807, 2.05) is 0 Å². The summed E-state index contributed by atoms with van der Waals surface area (Å²) in [5.74, 6) is -0.391. The minimum absolute atomic E-state index is 0.0336. The molecule has 1 heterocycles. The van der Waals surface area contributed by atoms with Gasteiger partial charge in [-0.15, -0.1) is 0 Å². The second kappa shape index (κ2) is 6.18. The van der Waals surface area contributed by atoms with Crippen molar-refractivity contribution >= 4 is 29.2 Å². The van der Waals surface area contributed by atoms with Crippen molar-refractivity contribution in [3.05, 3.63) is 74.8 Å². The first-order valence-corrected chi connectivity index (χ1v) is 7.82. The van der Waals surface area contributed by atoms with Crippen LogP contribution in [-0.2, 0) is 16.9 Å². The first kappa shape index (κ1) is 16.9. The van der Waals surface area contributed by atoms with Crippen LogP contribution in [0.5, 0.6) is 0 Å². The van der Waals surface area contributed by atoms with Crippen molar-refractivity contribution in [2.45, 2.75) is 19.0 Å². The molecule has 1 saturated heterocycles. The largest absolute Gasteiger partial charge is 0.325 e. The Kier molecular flexibility index (Phi) is 4.18. The molecule has 1 aliphatic rings. The summed E-state index contributed by atoms with van der Waals surface area (Å²) < 4.78 is 0. The quantitative estimate of drug-likeness (QED) is 0.515. The van der Waals surface area contributed by atoms with E-state index in [-0.39, 0.29) is 12.2 Å². The molecule has 0 spiro atoms. The number of imide groups is 1. The number of carbonyl (C=O) groups excluding carboxylic acids is 2. The molecule has 2 aromatic rings. The molecule has 0 aromatic heterocycles. The Morgan fingerprint density at radius 3 is 2.28 bits per heavy atom. The second-order valence-corrected chi connectivity index (χ2v) is 6.31. The van der Waals surface area contributed by atoms with Crippen LogP contribution in [0.25, 0.3) is 0 Å². The van der Waals surface area contributed by atoms with Crippen LogP contribution in [0, 0.1) is 10.1 Å². The molecule has 0 aliphatic carbocycles. The number of benzene rings is 2. The summed E-state index contributed by atoms with van der Waals surface area (Å²) in [4.78, 5) is 36.4. The highest BCUT2D eigenvalue weighted by molar-refractivity contribution is 6.30. The summed E-state index contributed by atoms with van der Waals surface area (Å²) in [6.45, 7) is 1.66. The van der Waals surface area contributed by atoms with Gasteiger partial charge in [0.1, 0.15) is 5.54 Å². The first-order chi connectivity index (χ1) is 11.8. The lowest BCUT2D eigenvalue weighted by atomic mass is 9.92. The van der Waals surface area contributed by atoms with E-state index in [0.717, 1.165) is 4.90 Å². The molecule has 1 unspecified atom stereocenters. The lowest BCUT2D eigenvalue weighted by molar-refractivity contribution is -0.384. The van der Waals surface area contributed by atoms with Crippen LogP contribution in [0.1, 0.15) is 18.1 Å². The molecule has 0 radical (unpaired) electrons. The van der Waals surface area contributed by atoms with Crippen molar-refractivity contribution in [3.8, 4) is 0 Å². The van der Waals surface area contributed by atoms with Gasteiger partial charge in [0, 0.05) is 17.2 Å². The van der Waals surface area contributed by atoms with Gasteiger partial charge in [-0.2, -0.15) is 0 Å². The SMILES string of the molecule is CC1(c2ccc(Cl)cc2)NC(=O)N(Cc2ccc([N+](=O)[O-])cc2)C1=O. The molecule has 7 nitrogen and oxygen atoms in total. The van der Waals surface area contributed by atoms with E-state index in [9.17, 15) is 19.7 Å². The molecule has 0 bridgehead atoms. The van der Waals surface area contributed by atoms with Gasteiger partial charge in [0.05, 0.1) is 11.5 Å². The van der Waals surface area contributed by atoms with Crippen LogP contribution in [0.3, 0.4) is 0 Å². The molecule has 2 aromatic carbocycles. The Morgan fingerprint density at radius 1 is 1.12 bits per heavy atom. The number of nitro benzene ring substituents is 1. The maximum atomic E-state index is 12.8. The van der Waals surface area contributed by atoms with Gasteiger partial charge >= 0.3 is 6.03 Å². The molecule has 8 heteroatoms. The van der Waals surface area contributed by atoms with Gasteiger partial charge in [0.15, 0.2) is 0 Å². The number of nitrogens with zero attached hydrogens (tertiary/aromatic N) is 2. The number of amides is 3. The maximum Gasteiger partial charge on any atom is 0.325 e. The highest BCUT2D eigenvalue weighted by atomic mass is 35.5. The number of halogens is 1. The third-order valence-electron chi connectivity index (χ3n) is 4.18. The summed E-state index contributed by atoms with van der Waals surface area (Å²) in [5, 5.41) is 13.9. The molecule has 1 atom stereocenters. The fourth-order valence-electron chi connectivity index (χ4n) is 2.73. The number of rotatable bonds is 4. The van der Waals surface area contributed by atoms with E-state index in [4.69, 9.17) is 11.6 Å². The van der Waals surface area contributed by atoms with Crippen LogP contribution in [0.4, 0.5) is 10.5 Å². The number of hydrogen-bond acceptors (Lipinski definition) is 4. The average molecular weight is 360 g/mol. The predicted molar refractivity (Wildman–Crippen MR) is 91.0 cm³/mol. The zero-order valence-corrected chi connectivity index (χ0v) is 14.0. The topological polar surface area (TPSA) is 92.6 Å². The Bertz CT molecular complexity index is 851. The third kappa shape index (κ3) is 3.06. The average Bonchev–Trinajstić information content (AvgIpc) is 2.80. The number of urea groups is 1. The molecule has 128 valence electrons. The fourth-order valence-corrected chi connectivity index (χ4v) is 2.85. The van der Waals surface area contributed by atoms with Crippen molar-refractivity contribution in [2.24, 2.45) is 0 Å². The first-order valence-electron chi connectivity index (χ1n) is 7.45. The molecule has 3 amide bonds. The van der Waals surface area contributed by atoms with Gasteiger partial charge in [-0.3, -0.25) is 19.8 Å². The summed E-state index contributed by atoms with van der Waals surface area (Å²) in [6.07, 6.45) is 0. The van der Waals surface area contributed by atoms with E-state index >= 15 is 0 Å². The van der Waals surface area contributed by atoms with Gasteiger partial charge in [0.25, 0.3) is 11.6 Å². The van der Waals surface area contributed by atoms with Gasteiger partial charge in [-0.05, 0) is 30.2 Å². The van der Waals surface area contributed by atoms with Crippen LogP contribution in [-0.4, -0.2) is 21.8 Å². The second-order valence-electron chi connectivity index (χ2n) is 5.88. The van der Waals surface area contributed by atoms with E-state index in [1.165, 1.54) is 24.3 Å². The highest BCUT2D eigenvalue weighted by Crippen LogP contribution is 2.30. The summed E-state index contributed by atoms with van der Waals surface area (Å²) >= 11 is 5.87. The van der Waals surface area contributed by atoms with Gasteiger partial charge in [-0.1, -0.05) is 35.9 Å². The van der Waals surface area contributed by atoms with Crippen LogP contribution in [0.2, 0.25) is 5.02 Å². The number of carbonyl (C=O) groups is 2. The highest BCUT2D eigenvalue weighted by Gasteiger charge is 2.48. The van der Waals surface area contributed by atoms with Gasteiger partial charge < -0.3 is 5.32 Å². The normalized spacial score (nSPS) is 19.8. The number of nitro groups is 1. The Morgan fingerprint density at radius 2 is 1.72 bits per heavy atom. The molecular weight excluding hydrogens is 346 g/mol.